The fourth-order valence-corrected chi connectivity index (χ4v) is 4.54. The molecule has 114 valence electrons. The first-order valence-electron chi connectivity index (χ1n) is 7.65. The highest BCUT2D eigenvalue weighted by Gasteiger charge is 2.25. The molecule has 0 bridgehead atoms. The van der Waals surface area contributed by atoms with E-state index in [4.69, 9.17) is 0 Å². The van der Waals surface area contributed by atoms with E-state index in [1.165, 1.54) is 10.4 Å². The Kier molecular flexibility index (Phi) is 3.88. The second-order valence-electron chi connectivity index (χ2n) is 6.48. The summed E-state index contributed by atoms with van der Waals surface area (Å²) in [6, 6.07) is -0.201. The molecule has 0 amide bonds. The van der Waals surface area contributed by atoms with Crippen LogP contribution in [-0.2, 0) is 12.8 Å². The third-order valence-electron chi connectivity index (χ3n) is 4.55. The van der Waals surface area contributed by atoms with Gasteiger partial charge in [0, 0.05) is 4.88 Å². The zero-order valence-electron chi connectivity index (χ0n) is 12.8. The molecule has 1 aliphatic carbocycles. The number of hydrogen-bond donors (Lipinski definition) is 1. The lowest BCUT2D eigenvalue weighted by Crippen LogP contribution is -2.30. The number of rotatable bonds is 3. The molecule has 4 nitrogen and oxygen atoms in total. The van der Waals surface area contributed by atoms with Crippen molar-refractivity contribution in [2.24, 2.45) is 11.8 Å². The van der Waals surface area contributed by atoms with Crippen molar-refractivity contribution in [3.63, 3.8) is 0 Å². The molecule has 1 N–H and O–H groups in total. The highest BCUT2D eigenvalue weighted by atomic mass is 32.1. The van der Waals surface area contributed by atoms with Gasteiger partial charge in [0.15, 0.2) is 0 Å². The van der Waals surface area contributed by atoms with Gasteiger partial charge in [0.1, 0.15) is 4.83 Å². The van der Waals surface area contributed by atoms with Crippen molar-refractivity contribution in [2.45, 2.75) is 46.1 Å². The number of fused-ring (bicyclic) bond motifs is 3. The smallest absolute Gasteiger partial charge is 0.262 e. The summed E-state index contributed by atoms with van der Waals surface area (Å²) in [5.74, 6) is 0.884. The van der Waals surface area contributed by atoms with Gasteiger partial charge >= 0.3 is 0 Å². The van der Waals surface area contributed by atoms with Crippen molar-refractivity contribution in [2.75, 3.05) is 6.61 Å². The molecule has 2 aromatic rings. The fourth-order valence-electron chi connectivity index (χ4n) is 3.20. The number of aliphatic hydroxyl groups is 1. The average Bonchev–Trinajstić information content (AvgIpc) is 2.79. The first kappa shape index (κ1) is 14.7. The Labute approximate surface area is 128 Å². The number of aryl methyl sites for hydroxylation is 1. The van der Waals surface area contributed by atoms with E-state index in [9.17, 15) is 9.90 Å². The average molecular weight is 306 g/mol. The summed E-state index contributed by atoms with van der Waals surface area (Å²) in [5.41, 5.74) is 1.22. The first-order chi connectivity index (χ1) is 10.0. The molecule has 3 rings (SSSR count). The van der Waals surface area contributed by atoms with Crippen LogP contribution < -0.4 is 5.56 Å². The Balaban J connectivity index is 2.19. The van der Waals surface area contributed by atoms with E-state index in [0.717, 1.165) is 29.5 Å². The number of aliphatic hydroxyl groups excluding tert-OH is 1. The van der Waals surface area contributed by atoms with E-state index >= 15 is 0 Å². The molecule has 0 fully saturated rings. The van der Waals surface area contributed by atoms with Gasteiger partial charge < -0.3 is 5.11 Å². The standard InChI is InChI=1S/C16H22N2O2S/c1-9(2)12(7-19)18-8-17-15-14(16(18)20)11-5-4-10(3)6-13(11)21-15/h8-10,12,19H,4-7H2,1-3H3/t10-,12+/m0/s1. The van der Waals surface area contributed by atoms with Gasteiger partial charge in [-0.2, -0.15) is 0 Å². The van der Waals surface area contributed by atoms with E-state index < -0.39 is 0 Å². The summed E-state index contributed by atoms with van der Waals surface area (Å²) in [7, 11) is 0. The summed E-state index contributed by atoms with van der Waals surface area (Å²) in [5, 5.41) is 10.4. The minimum atomic E-state index is -0.201. The number of aromatic nitrogens is 2. The van der Waals surface area contributed by atoms with Crippen LogP contribution in [0, 0.1) is 11.8 Å². The minimum Gasteiger partial charge on any atom is -0.394 e. The number of hydrogen-bond acceptors (Lipinski definition) is 4. The van der Waals surface area contributed by atoms with Gasteiger partial charge in [-0.3, -0.25) is 9.36 Å². The van der Waals surface area contributed by atoms with E-state index in [0.29, 0.717) is 5.92 Å². The van der Waals surface area contributed by atoms with Crippen LogP contribution in [0.1, 0.15) is 43.7 Å². The molecule has 0 spiro atoms. The first-order valence-corrected chi connectivity index (χ1v) is 8.46. The maximum Gasteiger partial charge on any atom is 0.262 e. The number of thiophene rings is 1. The molecule has 21 heavy (non-hydrogen) atoms. The lowest BCUT2D eigenvalue weighted by atomic mass is 9.89. The van der Waals surface area contributed by atoms with Crippen LogP contribution in [0.15, 0.2) is 11.1 Å². The van der Waals surface area contributed by atoms with Crippen molar-refractivity contribution in [3.8, 4) is 0 Å². The Morgan fingerprint density at radius 2 is 2.29 bits per heavy atom. The molecular formula is C16H22N2O2S. The monoisotopic (exact) mass is 306 g/mol. The normalized spacial score (nSPS) is 20.0. The van der Waals surface area contributed by atoms with Gasteiger partial charge in [-0.25, -0.2) is 4.98 Å². The molecule has 0 aliphatic heterocycles. The zero-order chi connectivity index (χ0) is 15.1. The molecule has 5 heteroatoms. The van der Waals surface area contributed by atoms with Crippen LogP contribution in [-0.4, -0.2) is 21.3 Å². The fraction of sp³-hybridized carbons (Fsp3) is 0.625. The summed E-state index contributed by atoms with van der Waals surface area (Å²) in [6.45, 7) is 6.26. The molecule has 0 unspecified atom stereocenters. The van der Waals surface area contributed by atoms with Crippen LogP contribution in [0.2, 0.25) is 0 Å². The van der Waals surface area contributed by atoms with Gasteiger partial charge in [0.25, 0.3) is 5.56 Å². The van der Waals surface area contributed by atoms with Crippen LogP contribution in [0.25, 0.3) is 10.2 Å². The van der Waals surface area contributed by atoms with Crippen LogP contribution in [0.4, 0.5) is 0 Å². The Morgan fingerprint density at radius 1 is 1.52 bits per heavy atom. The van der Waals surface area contributed by atoms with Gasteiger partial charge in [0.2, 0.25) is 0 Å². The molecule has 1 aliphatic rings. The predicted molar refractivity (Wildman–Crippen MR) is 86.0 cm³/mol. The molecule has 0 aromatic carbocycles. The van der Waals surface area contributed by atoms with Gasteiger partial charge in [-0.1, -0.05) is 20.8 Å². The molecule has 0 saturated carbocycles. The second-order valence-corrected chi connectivity index (χ2v) is 7.57. The largest absolute Gasteiger partial charge is 0.394 e. The van der Waals surface area contributed by atoms with E-state index in [1.54, 1.807) is 22.2 Å². The third kappa shape index (κ3) is 2.42. The topological polar surface area (TPSA) is 55.1 Å². The maximum absolute atomic E-state index is 12.9. The van der Waals surface area contributed by atoms with Crippen molar-refractivity contribution >= 4 is 21.6 Å². The lowest BCUT2D eigenvalue weighted by molar-refractivity contribution is 0.189. The van der Waals surface area contributed by atoms with Crippen LogP contribution >= 0.6 is 11.3 Å². The summed E-state index contributed by atoms with van der Waals surface area (Å²) in [4.78, 5) is 19.5. The zero-order valence-corrected chi connectivity index (χ0v) is 13.6. The van der Waals surface area contributed by atoms with Crippen molar-refractivity contribution in [3.05, 3.63) is 27.1 Å². The van der Waals surface area contributed by atoms with E-state index in [1.807, 2.05) is 13.8 Å². The summed E-state index contributed by atoms with van der Waals surface area (Å²) < 4.78 is 1.62. The molecule has 2 aromatic heterocycles. The third-order valence-corrected chi connectivity index (χ3v) is 5.72. The van der Waals surface area contributed by atoms with Crippen molar-refractivity contribution < 1.29 is 5.11 Å². The summed E-state index contributed by atoms with van der Waals surface area (Å²) in [6.07, 6.45) is 4.78. The highest BCUT2D eigenvalue weighted by Crippen LogP contribution is 2.35. The molecule has 2 heterocycles. The predicted octanol–water partition coefficient (Wildman–Crippen LogP) is 2.77. The SMILES string of the molecule is CC(C)[C@@H](CO)n1cnc2sc3c(c2c1=O)CC[C@H](C)C3. The Hall–Kier alpha value is -1.20. The maximum atomic E-state index is 12.9. The second kappa shape index (κ2) is 5.54. The van der Waals surface area contributed by atoms with Crippen molar-refractivity contribution in [1.29, 1.82) is 0 Å². The Morgan fingerprint density at radius 3 is 2.95 bits per heavy atom. The summed E-state index contributed by atoms with van der Waals surface area (Å²) >= 11 is 1.67. The quantitative estimate of drug-likeness (QED) is 0.948. The van der Waals surface area contributed by atoms with Gasteiger partial charge in [0.05, 0.1) is 24.4 Å². The van der Waals surface area contributed by atoms with Gasteiger partial charge in [-0.15, -0.1) is 11.3 Å². The molecular weight excluding hydrogens is 284 g/mol. The van der Waals surface area contributed by atoms with Crippen molar-refractivity contribution in [1.82, 2.24) is 9.55 Å². The van der Waals surface area contributed by atoms with Gasteiger partial charge in [-0.05, 0) is 36.7 Å². The highest BCUT2D eigenvalue weighted by molar-refractivity contribution is 7.18. The number of nitrogens with zero attached hydrogens (tertiary/aromatic N) is 2. The van der Waals surface area contributed by atoms with Crippen LogP contribution in [0.3, 0.4) is 0 Å². The van der Waals surface area contributed by atoms with E-state index in [-0.39, 0.29) is 24.1 Å². The lowest BCUT2D eigenvalue weighted by Gasteiger charge is -2.21. The minimum absolute atomic E-state index is 0.0137. The molecule has 0 saturated heterocycles. The van der Waals surface area contributed by atoms with E-state index in [2.05, 4.69) is 11.9 Å². The van der Waals surface area contributed by atoms with Crippen LogP contribution in [0.5, 0.6) is 0 Å². The Bertz CT molecular complexity index is 717. The molecule has 0 radical (unpaired) electrons. The molecule has 2 atom stereocenters.